The first-order valence-electron chi connectivity index (χ1n) is 9.55. The van der Waals surface area contributed by atoms with Gasteiger partial charge in [0.1, 0.15) is 29.7 Å². The first-order valence-corrected chi connectivity index (χ1v) is 9.92. The number of nitrogens with zero attached hydrogens (tertiary/aromatic N) is 2. The molecule has 3 aromatic rings. The van der Waals surface area contributed by atoms with Gasteiger partial charge in [0.2, 0.25) is 0 Å². The molecule has 0 spiro atoms. The lowest BCUT2D eigenvalue weighted by atomic mass is 10.1. The molecule has 0 saturated heterocycles. The highest BCUT2D eigenvalue weighted by molar-refractivity contribution is 6.34. The van der Waals surface area contributed by atoms with E-state index in [-0.39, 0.29) is 39.9 Å². The Labute approximate surface area is 187 Å². The van der Waals surface area contributed by atoms with Crippen LogP contribution in [0.4, 0.5) is 18.9 Å². The molecule has 2 aromatic carbocycles. The van der Waals surface area contributed by atoms with Crippen LogP contribution in [0.2, 0.25) is 5.02 Å². The minimum absolute atomic E-state index is 0.0209. The van der Waals surface area contributed by atoms with E-state index in [0.29, 0.717) is 5.69 Å². The van der Waals surface area contributed by atoms with Crippen molar-refractivity contribution in [1.82, 2.24) is 9.78 Å². The minimum Gasteiger partial charge on any atom is -0.489 e. The minimum atomic E-state index is -1.74. The zero-order valence-corrected chi connectivity index (χ0v) is 18.3. The van der Waals surface area contributed by atoms with Crippen LogP contribution in [0.15, 0.2) is 36.4 Å². The second-order valence-electron chi connectivity index (χ2n) is 7.69. The Morgan fingerprint density at radius 3 is 2.56 bits per heavy atom. The Hall–Kier alpha value is -3.04. The Morgan fingerprint density at radius 2 is 1.97 bits per heavy atom. The van der Waals surface area contributed by atoms with Gasteiger partial charge in [-0.15, -0.1) is 0 Å². The molecule has 0 saturated carbocycles. The number of carbonyl (C=O) groups is 1. The molecule has 0 unspecified atom stereocenters. The lowest BCUT2D eigenvalue weighted by molar-refractivity contribution is 0.0998. The highest BCUT2D eigenvalue weighted by Crippen LogP contribution is 2.33. The Kier molecular flexibility index (Phi) is 6.80. The molecule has 3 rings (SSSR count). The third-order valence-corrected chi connectivity index (χ3v) is 4.82. The first-order chi connectivity index (χ1) is 15.0. The number of nitrogens with one attached hydrogen (secondary N) is 1. The van der Waals surface area contributed by atoms with Gasteiger partial charge < -0.3 is 15.2 Å². The second-order valence-corrected chi connectivity index (χ2v) is 8.10. The maximum absolute atomic E-state index is 15.0. The molecular formula is C22H21ClF3N3O3. The highest BCUT2D eigenvalue weighted by atomic mass is 35.5. The van der Waals surface area contributed by atoms with Crippen molar-refractivity contribution in [3.8, 4) is 17.0 Å². The number of benzene rings is 2. The quantitative estimate of drug-likeness (QED) is 0.518. The van der Waals surface area contributed by atoms with E-state index >= 15 is 0 Å². The van der Waals surface area contributed by atoms with E-state index in [1.165, 1.54) is 42.8 Å². The number of carbonyl (C=O) groups excluding carboxylic acids is 1. The van der Waals surface area contributed by atoms with Crippen molar-refractivity contribution < 1.29 is 27.8 Å². The van der Waals surface area contributed by atoms with Gasteiger partial charge in [-0.25, -0.2) is 13.2 Å². The summed E-state index contributed by atoms with van der Waals surface area (Å²) in [5.74, 6) is -2.62. The van der Waals surface area contributed by atoms with Crippen molar-refractivity contribution in [3.63, 3.8) is 0 Å². The Morgan fingerprint density at radius 1 is 1.25 bits per heavy atom. The van der Waals surface area contributed by atoms with Crippen LogP contribution < -0.4 is 10.1 Å². The number of rotatable bonds is 7. The van der Waals surface area contributed by atoms with Crippen LogP contribution in [-0.2, 0) is 13.7 Å². The van der Waals surface area contributed by atoms with Crippen LogP contribution in [0.25, 0.3) is 11.3 Å². The summed E-state index contributed by atoms with van der Waals surface area (Å²) in [6.07, 6.45) is 0. The number of anilines is 1. The van der Waals surface area contributed by atoms with Gasteiger partial charge in [-0.1, -0.05) is 17.7 Å². The van der Waals surface area contributed by atoms with Crippen LogP contribution in [0, 0.1) is 11.6 Å². The van der Waals surface area contributed by atoms with E-state index in [1.54, 1.807) is 7.05 Å². The zero-order chi connectivity index (χ0) is 23.6. The lowest BCUT2D eigenvalue weighted by Crippen LogP contribution is -2.24. The fourth-order valence-electron chi connectivity index (χ4n) is 2.88. The van der Waals surface area contributed by atoms with E-state index in [1.807, 2.05) is 0 Å². The molecule has 32 heavy (non-hydrogen) atoms. The molecule has 0 aliphatic carbocycles. The number of aromatic nitrogens is 2. The SMILES string of the molecule is Cn1nc(-c2cc(OCC(C)(C)F)c(C(=O)Nc3c(F)cccc3Cl)cc2F)cc1CO. The number of para-hydroxylation sites is 1. The molecule has 0 aliphatic rings. The largest absolute Gasteiger partial charge is 0.489 e. The number of amides is 1. The van der Waals surface area contributed by atoms with Gasteiger partial charge in [0.25, 0.3) is 5.91 Å². The van der Waals surface area contributed by atoms with E-state index in [2.05, 4.69) is 10.4 Å². The number of aliphatic hydroxyl groups excluding tert-OH is 1. The topological polar surface area (TPSA) is 76.4 Å². The molecule has 1 aromatic heterocycles. The molecule has 2 N–H and O–H groups in total. The van der Waals surface area contributed by atoms with Gasteiger partial charge in [0.05, 0.1) is 34.3 Å². The molecule has 0 radical (unpaired) electrons. The lowest BCUT2D eigenvalue weighted by Gasteiger charge is -2.18. The van der Waals surface area contributed by atoms with Gasteiger partial charge in [-0.3, -0.25) is 9.48 Å². The average molecular weight is 468 g/mol. The fraction of sp³-hybridized carbons (Fsp3) is 0.273. The first kappa shape index (κ1) is 23.6. The molecule has 0 aliphatic heterocycles. The van der Waals surface area contributed by atoms with Crippen molar-refractivity contribution in [2.75, 3.05) is 11.9 Å². The van der Waals surface area contributed by atoms with Gasteiger partial charge in [-0.2, -0.15) is 5.10 Å². The average Bonchev–Trinajstić information content (AvgIpc) is 3.09. The molecule has 6 nitrogen and oxygen atoms in total. The van der Waals surface area contributed by atoms with Crippen molar-refractivity contribution in [3.05, 3.63) is 64.3 Å². The second kappa shape index (κ2) is 9.22. The molecule has 0 fully saturated rings. The number of aryl methyl sites for hydroxylation is 1. The van der Waals surface area contributed by atoms with Crippen LogP contribution in [-0.4, -0.2) is 33.1 Å². The predicted molar refractivity (Wildman–Crippen MR) is 115 cm³/mol. The monoisotopic (exact) mass is 467 g/mol. The number of hydrogen-bond acceptors (Lipinski definition) is 4. The smallest absolute Gasteiger partial charge is 0.259 e. The Balaban J connectivity index is 2.05. The molecule has 10 heteroatoms. The van der Waals surface area contributed by atoms with Gasteiger partial charge in [0, 0.05) is 12.6 Å². The van der Waals surface area contributed by atoms with Gasteiger partial charge in [-0.05, 0) is 44.2 Å². The van der Waals surface area contributed by atoms with E-state index in [0.717, 1.165) is 12.1 Å². The van der Waals surface area contributed by atoms with Gasteiger partial charge in [0.15, 0.2) is 0 Å². The molecule has 1 amide bonds. The van der Waals surface area contributed by atoms with Crippen molar-refractivity contribution >= 4 is 23.2 Å². The van der Waals surface area contributed by atoms with Crippen LogP contribution >= 0.6 is 11.6 Å². The fourth-order valence-corrected chi connectivity index (χ4v) is 3.09. The highest BCUT2D eigenvalue weighted by Gasteiger charge is 2.24. The van der Waals surface area contributed by atoms with E-state index in [4.69, 9.17) is 16.3 Å². The predicted octanol–water partition coefficient (Wildman–Crippen LogP) is 4.89. The summed E-state index contributed by atoms with van der Waals surface area (Å²) in [4.78, 5) is 12.8. The normalized spacial score (nSPS) is 11.5. The summed E-state index contributed by atoms with van der Waals surface area (Å²) >= 11 is 5.95. The van der Waals surface area contributed by atoms with Gasteiger partial charge >= 0.3 is 0 Å². The van der Waals surface area contributed by atoms with Crippen LogP contribution in [0.5, 0.6) is 5.75 Å². The van der Waals surface area contributed by atoms with Crippen LogP contribution in [0.1, 0.15) is 29.9 Å². The molecular weight excluding hydrogens is 447 g/mol. The van der Waals surface area contributed by atoms with E-state index in [9.17, 15) is 23.1 Å². The van der Waals surface area contributed by atoms with Crippen molar-refractivity contribution in [2.45, 2.75) is 26.1 Å². The number of ether oxygens (including phenoxy) is 1. The molecule has 1 heterocycles. The standard InChI is InChI=1S/C22H21ClF3N3O3/c1-22(2,26)11-32-19-9-13(18-7-12(10-30)29(3)28-18)17(25)8-14(19)21(31)27-20-15(23)5-4-6-16(20)24/h4-9,30H,10-11H2,1-3H3,(H,27,31). The van der Waals surface area contributed by atoms with Crippen molar-refractivity contribution in [1.29, 1.82) is 0 Å². The maximum atomic E-state index is 15.0. The summed E-state index contributed by atoms with van der Waals surface area (Å²) in [6, 6.07) is 7.43. The molecule has 170 valence electrons. The maximum Gasteiger partial charge on any atom is 0.259 e. The van der Waals surface area contributed by atoms with Crippen molar-refractivity contribution in [2.24, 2.45) is 7.05 Å². The number of alkyl halides is 1. The van der Waals surface area contributed by atoms with Crippen LogP contribution in [0.3, 0.4) is 0 Å². The summed E-state index contributed by atoms with van der Waals surface area (Å²) in [7, 11) is 1.58. The summed E-state index contributed by atoms with van der Waals surface area (Å²) in [5.41, 5.74) is -1.71. The Bertz CT molecular complexity index is 1140. The summed E-state index contributed by atoms with van der Waals surface area (Å²) in [5, 5.41) is 15.8. The number of halogens is 4. The number of hydrogen-bond donors (Lipinski definition) is 2. The zero-order valence-electron chi connectivity index (χ0n) is 17.5. The molecule has 0 bridgehead atoms. The third kappa shape index (κ3) is 5.23. The summed E-state index contributed by atoms with van der Waals surface area (Å²) < 4.78 is 50.0. The molecule has 0 atom stereocenters. The third-order valence-electron chi connectivity index (χ3n) is 4.50. The number of aliphatic hydroxyl groups is 1. The summed E-state index contributed by atoms with van der Waals surface area (Å²) in [6.45, 7) is 1.82. The van der Waals surface area contributed by atoms with E-state index < -0.39 is 29.8 Å².